The van der Waals surface area contributed by atoms with Crippen molar-refractivity contribution in [1.29, 1.82) is 0 Å². The fourth-order valence-electron chi connectivity index (χ4n) is 4.11. The number of hydrogen-bond donors (Lipinski definition) is 2. The maximum Gasteiger partial charge on any atom is 0.253 e. The molecule has 8 nitrogen and oxygen atoms in total. The number of halogens is 1. The Morgan fingerprint density at radius 1 is 1.16 bits per heavy atom. The maximum atomic E-state index is 13.6. The average Bonchev–Trinajstić information content (AvgIpc) is 3.07. The number of rotatable bonds is 6. The molecular formula is C29H36FN5O3. The lowest BCUT2D eigenvalue weighted by atomic mass is 9.99. The van der Waals surface area contributed by atoms with Gasteiger partial charge in [-0.3, -0.25) is 14.8 Å². The van der Waals surface area contributed by atoms with Crippen molar-refractivity contribution in [2.24, 2.45) is 5.92 Å². The number of ether oxygens (including phenoxy) is 2. The zero-order valence-electron chi connectivity index (χ0n) is 22.4. The second-order valence-corrected chi connectivity index (χ2v) is 8.97. The van der Waals surface area contributed by atoms with Crippen molar-refractivity contribution < 1.29 is 18.7 Å². The van der Waals surface area contributed by atoms with Crippen LogP contribution in [0.4, 0.5) is 10.1 Å². The van der Waals surface area contributed by atoms with Gasteiger partial charge in [-0.05, 0) is 67.6 Å². The van der Waals surface area contributed by atoms with Crippen LogP contribution in [-0.4, -0.2) is 66.7 Å². The molecule has 0 radical (unpaired) electrons. The van der Waals surface area contributed by atoms with Gasteiger partial charge in [0, 0.05) is 75.5 Å². The quantitative estimate of drug-likeness (QED) is 0.459. The molecule has 0 aliphatic carbocycles. The highest BCUT2D eigenvalue weighted by Crippen LogP contribution is 2.23. The first-order chi connectivity index (χ1) is 18.4. The second-order valence-electron chi connectivity index (χ2n) is 8.97. The van der Waals surface area contributed by atoms with E-state index in [2.05, 4.69) is 20.3 Å². The minimum atomic E-state index is -0.415. The Morgan fingerprint density at radius 3 is 2.61 bits per heavy atom. The van der Waals surface area contributed by atoms with Gasteiger partial charge >= 0.3 is 0 Å². The zero-order valence-corrected chi connectivity index (χ0v) is 22.4. The third kappa shape index (κ3) is 8.27. The third-order valence-corrected chi connectivity index (χ3v) is 6.27. The molecule has 1 fully saturated rings. The number of aromatic nitrogens is 3. The van der Waals surface area contributed by atoms with E-state index in [1.165, 1.54) is 13.2 Å². The van der Waals surface area contributed by atoms with Crippen LogP contribution in [0.3, 0.4) is 0 Å². The number of methoxy groups -OCH3 is 1. The van der Waals surface area contributed by atoms with Gasteiger partial charge in [0.05, 0.1) is 19.0 Å². The molecule has 38 heavy (non-hydrogen) atoms. The van der Waals surface area contributed by atoms with E-state index in [1.54, 1.807) is 43.1 Å². The maximum absolute atomic E-state index is 13.6. The normalized spacial score (nSPS) is 13.0. The molecule has 9 heteroatoms. The van der Waals surface area contributed by atoms with Crippen molar-refractivity contribution in [3.63, 3.8) is 0 Å². The average molecular weight is 522 g/mol. The van der Waals surface area contributed by atoms with E-state index < -0.39 is 5.82 Å². The van der Waals surface area contributed by atoms with E-state index in [4.69, 9.17) is 9.47 Å². The first kappa shape index (κ1) is 28.6. The van der Waals surface area contributed by atoms with E-state index in [0.29, 0.717) is 17.2 Å². The van der Waals surface area contributed by atoms with Gasteiger partial charge < -0.3 is 24.7 Å². The second kappa shape index (κ2) is 14.7. The lowest BCUT2D eigenvalue weighted by Crippen LogP contribution is -2.34. The number of benzene rings is 2. The number of amides is 1. The molecule has 0 saturated carbocycles. The monoisotopic (exact) mass is 521 g/mol. The van der Waals surface area contributed by atoms with E-state index in [1.807, 2.05) is 44.1 Å². The van der Waals surface area contributed by atoms with Crippen molar-refractivity contribution in [3.05, 3.63) is 84.3 Å². The number of hydrogen-bond acceptors (Lipinski definition) is 6. The summed E-state index contributed by atoms with van der Waals surface area (Å²) in [5.74, 6) is 0.470. The van der Waals surface area contributed by atoms with Gasteiger partial charge in [0.1, 0.15) is 0 Å². The summed E-state index contributed by atoms with van der Waals surface area (Å²) in [5, 5.41) is 3.09. The topological polar surface area (TPSA) is 92.4 Å². The first-order valence-corrected chi connectivity index (χ1v) is 12.5. The van der Waals surface area contributed by atoms with Crippen LogP contribution in [0.1, 0.15) is 28.8 Å². The van der Waals surface area contributed by atoms with Crippen LogP contribution in [0.2, 0.25) is 0 Å². The highest BCUT2D eigenvalue weighted by molar-refractivity contribution is 5.96. The minimum Gasteiger partial charge on any atom is -0.494 e. The van der Waals surface area contributed by atoms with Crippen molar-refractivity contribution in [2.75, 3.05) is 46.3 Å². The number of nitrogens with one attached hydrogen (secondary N) is 2. The molecule has 3 aromatic rings. The molecule has 0 unspecified atom stereocenters. The number of carbonyl (C=O) groups excluding carboxylic acids is 1. The Labute approximate surface area is 223 Å². The molecule has 2 N–H and O–H groups in total. The van der Waals surface area contributed by atoms with E-state index in [-0.39, 0.29) is 11.7 Å². The van der Waals surface area contributed by atoms with E-state index in [9.17, 15) is 9.18 Å². The molecule has 0 bridgehead atoms. The predicted molar refractivity (Wildman–Crippen MR) is 147 cm³/mol. The minimum absolute atomic E-state index is 0.108. The molecule has 1 aliphatic rings. The van der Waals surface area contributed by atoms with Gasteiger partial charge in [-0.15, -0.1) is 0 Å². The number of anilines is 1. The van der Waals surface area contributed by atoms with Crippen LogP contribution in [0, 0.1) is 18.7 Å². The first-order valence-electron chi connectivity index (χ1n) is 12.5. The Kier molecular flexibility index (Phi) is 11.0. The fraction of sp³-hybridized carbons (Fsp3) is 0.345. The Morgan fingerprint density at radius 2 is 1.92 bits per heavy atom. The molecule has 1 saturated heterocycles. The molecule has 1 aliphatic heterocycles. The Balaban J connectivity index is 0.000000212. The van der Waals surface area contributed by atoms with Crippen LogP contribution in [0.15, 0.2) is 67.4 Å². The number of aryl methyl sites for hydroxylation is 1. The standard InChI is InChI=1S/C16H24N2O2.C13H12FN3O/c1-12-10-14(17-2)4-5-15(12)16(19)18(3)11-13-6-8-20-9-7-13;1-18-13-3-2-10(8-11(13)14)12-9-16-5-4-15-6-7-17-12/h4-5,10,13,17H,6-9,11H2,1-3H3;2-9,17H,1H3. The molecule has 0 spiro atoms. The Hall–Kier alpha value is -3.98. The number of nitrogens with zero attached hydrogens (tertiary/aromatic N) is 3. The van der Waals surface area contributed by atoms with Crippen molar-refractivity contribution >= 4 is 11.6 Å². The van der Waals surface area contributed by atoms with Crippen LogP contribution in [-0.2, 0) is 4.74 Å². The van der Waals surface area contributed by atoms with Gasteiger partial charge in [0.2, 0.25) is 0 Å². The molecule has 0 atom stereocenters. The predicted octanol–water partition coefficient (Wildman–Crippen LogP) is 5.28. The van der Waals surface area contributed by atoms with Crippen LogP contribution in [0.25, 0.3) is 11.3 Å². The SMILES string of the molecule is CNc1ccc(C(=O)N(C)CC2CCOCC2)c(C)c1.COc1ccc(-c2cnccncc[nH]2)cc1F. The number of H-pyrrole nitrogens is 1. The third-order valence-electron chi connectivity index (χ3n) is 6.27. The summed E-state index contributed by atoms with van der Waals surface area (Å²) in [4.78, 5) is 25.3. The van der Waals surface area contributed by atoms with Crippen LogP contribution in [0.5, 0.6) is 5.75 Å². The lowest BCUT2D eigenvalue weighted by molar-refractivity contribution is 0.0497. The van der Waals surface area contributed by atoms with Crippen molar-refractivity contribution in [2.45, 2.75) is 19.8 Å². The lowest BCUT2D eigenvalue weighted by Gasteiger charge is -2.27. The highest BCUT2D eigenvalue weighted by Gasteiger charge is 2.20. The van der Waals surface area contributed by atoms with Crippen LogP contribution < -0.4 is 10.1 Å². The summed E-state index contributed by atoms with van der Waals surface area (Å²) in [6.45, 7) is 4.44. The number of carbonyl (C=O) groups is 1. The summed E-state index contributed by atoms with van der Waals surface area (Å²) in [5.41, 5.74) is 4.19. The van der Waals surface area contributed by atoms with Crippen LogP contribution >= 0.6 is 0 Å². The number of aromatic amines is 1. The highest BCUT2D eigenvalue weighted by atomic mass is 19.1. The summed E-state index contributed by atoms with van der Waals surface area (Å²) >= 11 is 0. The largest absolute Gasteiger partial charge is 0.494 e. The Bertz CT molecular complexity index is 1220. The summed E-state index contributed by atoms with van der Waals surface area (Å²) in [6, 6.07) is 10.6. The molecule has 2 aromatic carbocycles. The summed E-state index contributed by atoms with van der Waals surface area (Å²) in [7, 11) is 5.21. The summed E-state index contributed by atoms with van der Waals surface area (Å²) < 4.78 is 23.8. The van der Waals surface area contributed by atoms with E-state index >= 15 is 0 Å². The molecule has 202 valence electrons. The van der Waals surface area contributed by atoms with Gasteiger partial charge in [0.15, 0.2) is 11.6 Å². The van der Waals surface area contributed by atoms with Gasteiger partial charge in [-0.1, -0.05) is 0 Å². The smallest absolute Gasteiger partial charge is 0.253 e. The summed E-state index contributed by atoms with van der Waals surface area (Å²) in [6.07, 6.45) is 10.1. The molecule has 1 amide bonds. The molecule has 1 aromatic heterocycles. The molecule has 2 heterocycles. The van der Waals surface area contributed by atoms with Gasteiger partial charge in [0.25, 0.3) is 5.91 Å². The van der Waals surface area contributed by atoms with Gasteiger partial charge in [-0.25, -0.2) is 4.39 Å². The van der Waals surface area contributed by atoms with Gasteiger partial charge in [-0.2, -0.15) is 0 Å². The van der Waals surface area contributed by atoms with Crippen molar-refractivity contribution in [3.8, 4) is 17.0 Å². The van der Waals surface area contributed by atoms with E-state index in [0.717, 1.165) is 49.4 Å². The van der Waals surface area contributed by atoms with Crippen molar-refractivity contribution in [1.82, 2.24) is 19.9 Å². The molecule has 4 rings (SSSR count). The fourth-order valence-corrected chi connectivity index (χ4v) is 4.11. The zero-order chi connectivity index (χ0) is 27.3. The molecular weight excluding hydrogens is 485 g/mol.